The molecule has 0 radical (unpaired) electrons. The molecule has 0 spiro atoms. The van der Waals surface area contributed by atoms with Crippen molar-refractivity contribution in [3.63, 3.8) is 0 Å². The molecule has 43 heavy (non-hydrogen) atoms. The maximum Gasteiger partial charge on any atom is 0.308 e. The van der Waals surface area contributed by atoms with Crippen LogP contribution >= 0.6 is 0 Å². The van der Waals surface area contributed by atoms with E-state index in [2.05, 4.69) is 4.98 Å². The molecule has 12 nitrogen and oxygen atoms in total. The van der Waals surface area contributed by atoms with Crippen molar-refractivity contribution in [2.45, 2.75) is 70.2 Å². The van der Waals surface area contributed by atoms with Gasteiger partial charge in [0.25, 0.3) is 0 Å². The van der Waals surface area contributed by atoms with Gasteiger partial charge in [-0.25, -0.2) is 0 Å². The zero-order valence-corrected chi connectivity index (χ0v) is 23.6. The summed E-state index contributed by atoms with van der Waals surface area (Å²) in [7, 11) is 0. The van der Waals surface area contributed by atoms with E-state index in [9.17, 15) is 39.9 Å². The number of fused-ring (bicyclic) bond motifs is 2. The van der Waals surface area contributed by atoms with E-state index in [4.69, 9.17) is 14.2 Å². The third-order valence-electron chi connectivity index (χ3n) is 7.74. The number of phenols is 1. The molecule has 0 amide bonds. The summed E-state index contributed by atoms with van der Waals surface area (Å²) >= 11 is 0. The molecule has 0 bridgehead atoms. The highest BCUT2D eigenvalue weighted by Gasteiger charge is 2.45. The van der Waals surface area contributed by atoms with Crippen molar-refractivity contribution < 1.29 is 54.1 Å². The summed E-state index contributed by atoms with van der Waals surface area (Å²) in [5, 5.41) is 52.4. The molecule has 0 saturated carbocycles. The first-order valence-electron chi connectivity index (χ1n) is 13.9. The number of ether oxygens (including phenoxy) is 3. The topological polar surface area (TPSA) is 196 Å². The normalized spacial score (nSPS) is 23.1. The largest absolute Gasteiger partial charge is 0.507 e. The Morgan fingerprint density at radius 3 is 2.40 bits per heavy atom. The summed E-state index contributed by atoms with van der Waals surface area (Å²) in [5.74, 6) is -2.33. The first-order valence-corrected chi connectivity index (χ1v) is 13.9. The molecule has 2 aromatic carbocycles. The molecule has 12 heteroatoms. The number of phenolic OH excluding ortho intramolecular Hbond substituents is 1. The van der Waals surface area contributed by atoms with Crippen molar-refractivity contribution in [3.8, 4) is 17.2 Å². The molecule has 1 aliphatic heterocycles. The number of carbonyl (C=O) groups is 3. The number of rotatable bonds is 9. The quantitative estimate of drug-likeness (QED) is 0.0933. The molecular formula is C31H33NO11. The number of aromatic hydroxyl groups is 1. The highest BCUT2D eigenvalue weighted by Crippen LogP contribution is 2.46. The number of unbranched alkanes of at least 4 members (excludes halogenated alkanes) is 1. The fourth-order valence-electron chi connectivity index (χ4n) is 5.56. The number of hydrogen-bond donors (Lipinski definition) is 6. The molecule has 2 heterocycles. The summed E-state index contributed by atoms with van der Waals surface area (Å²) in [5.41, 5.74) is 0.710. The van der Waals surface area contributed by atoms with Gasteiger partial charge >= 0.3 is 5.97 Å². The van der Waals surface area contributed by atoms with E-state index < -0.39 is 54.0 Å². The lowest BCUT2D eigenvalue weighted by Gasteiger charge is -2.39. The third kappa shape index (κ3) is 5.67. The number of ketones is 2. The Kier molecular flexibility index (Phi) is 8.67. The lowest BCUT2D eigenvalue weighted by atomic mass is 9.78. The highest BCUT2D eigenvalue weighted by atomic mass is 16.7. The molecule has 5 atom stereocenters. The summed E-state index contributed by atoms with van der Waals surface area (Å²) in [6.07, 6.45) is -2.87. The zero-order valence-electron chi connectivity index (χ0n) is 23.6. The standard InChI is InChI=1S/C31H33NO11/c1-14-24(35)28(39)29(40)31(41-14)43-30-19(5-3-4-10-33)26(37)23-22(21(30)11-16-8-9-32-13-16)27(38)20-12-17(42-15(2)34)6-7-18(20)25(23)36/h6-9,12-14,24,28-29,31-33,35,37,39-40H,3-5,10-11H2,1-2H3/t14-,24+,28+,29+,31+/m0/s1. The van der Waals surface area contributed by atoms with Crippen molar-refractivity contribution in [1.29, 1.82) is 0 Å². The number of H-pyrrole nitrogens is 1. The van der Waals surface area contributed by atoms with E-state index in [1.165, 1.54) is 32.0 Å². The number of carbonyl (C=O) groups excluding carboxylic acids is 3. The van der Waals surface area contributed by atoms with Crippen LogP contribution in [-0.4, -0.2) is 85.4 Å². The second-order valence-electron chi connectivity index (χ2n) is 10.7. The lowest BCUT2D eigenvalue weighted by Crippen LogP contribution is -2.58. The fraction of sp³-hybridized carbons (Fsp3) is 0.387. The number of benzene rings is 2. The first-order chi connectivity index (χ1) is 20.5. The molecule has 0 unspecified atom stereocenters. The van der Waals surface area contributed by atoms with Crippen molar-refractivity contribution in [2.24, 2.45) is 0 Å². The maximum atomic E-state index is 14.2. The number of aliphatic hydroxyl groups is 4. The molecule has 5 rings (SSSR count). The maximum absolute atomic E-state index is 14.2. The summed E-state index contributed by atoms with van der Waals surface area (Å²) in [6, 6.07) is 5.79. The van der Waals surface area contributed by atoms with Crippen LogP contribution in [0.5, 0.6) is 17.2 Å². The average molecular weight is 596 g/mol. The van der Waals surface area contributed by atoms with Gasteiger partial charge in [-0.15, -0.1) is 0 Å². The van der Waals surface area contributed by atoms with E-state index in [0.717, 1.165) is 0 Å². The summed E-state index contributed by atoms with van der Waals surface area (Å²) in [6.45, 7) is 2.57. The van der Waals surface area contributed by atoms with E-state index >= 15 is 0 Å². The van der Waals surface area contributed by atoms with Crippen LogP contribution in [0, 0.1) is 0 Å². The smallest absolute Gasteiger partial charge is 0.308 e. The van der Waals surface area contributed by atoms with Crippen LogP contribution in [-0.2, 0) is 22.4 Å². The molecule has 6 N–H and O–H groups in total. The van der Waals surface area contributed by atoms with Gasteiger partial charge < -0.3 is 44.7 Å². The van der Waals surface area contributed by atoms with Crippen LogP contribution in [0.4, 0.5) is 0 Å². The number of aliphatic hydroxyl groups excluding tert-OH is 4. The third-order valence-corrected chi connectivity index (χ3v) is 7.74. The minimum Gasteiger partial charge on any atom is -0.507 e. The van der Waals surface area contributed by atoms with E-state index in [-0.39, 0.29) is 64.3 Å². The highest BCUT2D eigenvalue weighted by molar-refractivity contribution is 6.30. The lowest BCUT2D eigenvalue weighted by molar-refractivity contribution is -0.268. The minimum atomic E-state index is -1.70. The van der Waals surface area contributed by atoms with Crippen molar-refractivity contribution in [3.05, 3.63) is 75.6 Å². The number of nitrogens with one attached hydrogen (secondary N) is 1. The van der Waals surface area contributed by atoms with Crippen molar-refractivity contribution in [1.82, 2.24) is 4.98 Å². The Hall–Kier alpha value is -4.07. The Morgan fingerprint density at radius 2 is 1.72 bits per heavy atom. The predicted octanol–water partition coefficient (Wildman–Crippen LogP) is 1.53. The van der Waals surface area contributed by atoms with Crippen LogP contribution < -0.4 is 9.47 Å². The Bertz CT molecular complexity index is 1550. The predicted molar refractivity (Wildman–Crippen MR) is 149 cm³/mol. The second kappa shape index (κ2) is 12.3. The molecule has 228 valence electrons. The van der Waals surface area contributed by atoms with Crippen LogP contribution in [0.25, 0.3) is 0 Å². The molecule has 1 fully saturated rings. The van der Waals surface area contributed by atoms with Gasteiger partial charge in [-0.1, -0.05) is 0 Å². The molecule has 3 aromatic rings. The molecule has 1 aromatic heterocycles. The number of aromatic amines is 1. The van der Waals surface area contributed by atoms with Crippen molar-refractivity contribution >= 4 is 17.5 Å². The number of aromatic nitrogens is 1. The molecular weight excluding hydrogens is 562 g/mol. The summed E-state index contributed by atoms with van der Waals surface area (Å²) < 4.78 is 17.0. The average Bonchev–Trinajstić information content (AvgIpc) is 3.49. The molecule has 2 aliphatic rings. The Morgan fingerprint density at radius 1 is 0.977 bits per heavy atom. The van der Waals surface area contributed by atoms with Crippen molar-refractivity contribution in [2.75, 3.05) is 6.61 Å². The van der Waals surface area contributed by atoms with E-state index in [0.29, 0.717) is 18.4 Å². The van der Waals surface area contributed by atoms with Crippen LogP contribution in [0.1, 0.15) is 75.2 Å². The van der Waals surface area contributed by atoms with Gasteiger partial charge in [0.2, 0.25) is 6.29 Å². The van der Waals surface area contributed by atoms with Crippen LogP contribution in [0.2, 0.25) is 0 Å². The van der Waals surface area contributed by atoms with Gasteiger partial charge in [-0.3, -0.25) is 14.4 Å². The van der Waals surface area contributed by atoms with E-state index in [1.54, 1.807) is 18.5 Å². The van der Waals surface area contributed by atoms with E-state index in [1.807, 2.05) is 0 Å². The number of hydrogen-bond acceptors (Lipinski definition) is 11. The Labute approximate surface area is 246 Å². The van der Waals surface area contributed by atoms with Gasteiger partial charge in [0.05, 0.1) is 11.7 Å². The fourth-order valence-corrected chi connectivity index (χ4v) is 5.56. The van der Waals surface area contributed by atoms with Gasteiger partial charge in [-0.05, 0) is 56.0 Å². The monoisotopic (exact) mass is 595 g/mol. The zero-order chi connectivity index (χ0) is 31.0. The van der Waals surface area contributed by atoms with Gasteiger partial charge in [0.15, 0.2) is 11.6 Å². The second-order valence-corrected chi connectivity index (χ2v) is 10.7. The van der Waals surface area contributed by atoms with Crippen LogP contribution in [0.3, 0.4) is 0 Å². The number of esters is 1. The first kappa shape index (κ1) is 30.4. The van der Waals surface area contributed by atoms with Gasteiger partial charge in [-0.2, -0.15) is 0 Å². The van der Waals surface area contributed by atoms with Gasteiger partial charge in [0, 0.05) is 60.2 Å². The van der Waals surface area contributed by atoms with Gasteiger partial charge in [0.1, 0.15) is 35.6 Å². The minimum absolute atomic E-state index is 0.0169. The SMILES string of the molecule is CC(=O)Oc1ccc2c(c1)C(=O)c1c(Cc3cc[nH]c3)c(O[C@H]3O[C@@H](C)[C@@H](O)[C@@H](O)[C@H]3O)c(CCCCO)c(O)c1C2=O. The summed E-state index contributed by atoms with van der Waals surface area (Å²) in [4.78, 5) is 42.6. The van der Waals surface area contributed by atoms with Crippen LogP contribution in [0.15, 0.2) is 36.7 Å². The molecule has 1 saturated heterocycles. The molecule has 1 aliphatic carbocycles. The Balaban J connectivity index is 1.73.